The number of rotatable bonds is 3. The zero-order valence-corrected chi connectivity index (χ0v) is 11.3. The van der Waals surface area contributed by atoms with Crippen LogP contribution < -0.4 is 0 Å². The van der Waals surface area contributed by atoms with Crippen LogP contribution in [0.5, 0.6) is 0 Å². The highest BCUT2D eigenvalue weighted by molar-refractivity contribution is 7.91. The molecular formula is C15H16O2S. The third kappa shape index (κ3) is 2.46. The summed E-state index contributed by atoms with van der Waals surface area (Å²) in [6.45, 7) is 3.62. The first-order valence-corrected chi connectivity index (χ1v) is 7.42. The van der Waals surface area contributed by atoms with E-state index in [0.717, 1.165) is 11.1 Å². The molecule has 2 nitrogen and oxygen atoms in total. The summed E-state index contributed by atoms with van der Waals surface area (Å²) in [5.74, 6) is 0. The molecule has 2 rings (SSSR count). The van der Waals surface area contributed by atoms with Crippen molar-refractivity contribution in [2.75, 3.05) is 0 Å². The van der Waals surface area contributed by atoms with Gasteiger partial charge in [0.05, 0.1) is 10.1 Å². The molecule has 0 aliphatic heterocycles. The minimum Gasteiger partial charge on any atom is -0.223 e. The molecule has 0 spiro atoms. The summed E-state index contributed by atoms with van der Waals surface area (Å²) in [7, 11) is -3.31. The normalized spacial score (nSPS) is 13.2. The van der Waals surface area contributed by atoms with Gasteiger partial charge < -0.3 is 0 Å². The zero-order chi connectivity index (χ0) is 13.2. The summed E-state index contributed by atoms with van der Waals surface area (Å²) < 4.78 is 25.0. The molecule has 94 valence electrons. The summed E-state index contributed by atoms with van der Waals surface area (Å²) in [4.78, 5) is 0.388. The van der Waals surface area contributed by atoms with Gasteiger partial charge in [0.1, 0.15) is 0 Å². The second-order valence-corrected chi connectivity index (χ2v) is 6.68. The first-order chi connectivity index (χ1) is 8.51. The third-order valence-electron chi connectivity index (χ3n) is 3.05. The van der Waals surface area contributed by atoms with Crippen LogP contribution in [-0.4, -0.2) is 8.42 Å². The van der Waals surface area contributed by atoms with Crippen molar-refractivity contribution in [2.45, 2.75) is 24.0 Å². The van der Waals surface area contributed by atoms with Crippen LogP contribution in [-0.2, 0) is 9.84 Å². The van der Waals surface area contributed by atoms with Crippen molar-refractivity contribution in [3.8, 4) is 0 Å². The Labute approximate surface area is 108 Å². The highest BCUT2D eigenvalue weighted by Crippen LogP contribution is 2.28. The quantitative estimate of drug-likeness (QED) is 0.846. The lowest BCUT2D eigenvalue weighted by Crippen LogP contribution is -2.10. The van der Waals surface area contributed by atoms with Gasteiger partial charge in [0.25, 0.3) is 0 Å². The standard InChI is InChI=1S/C15H16O2S/c1-12-7-6-10-15(11-12)18(16,17)13(2)14-8-4-3-5-9-14/h3-11,13H,1-2H3/t13-/m0/s1. The van der Waals surface area contributed by atoms with E-state index in [1.807, 2.05) is 43.3 Å². The summed E-state index contributed by atoms with van der Waals surface area (Å²) >= 11 is 0. The molecule has 2 aromatic carbocycles. The van der Waals surface area contributed by atoms with Crippen molar-refractivity contribution >= 4 is 9.84 Å². The fraction of sp³-hybridized carbons (Fsp3) is 0.200. The smallest absolute Gasteiger partial charge is 0.185 e. The van der Waals surface area contributed by atoms with Crippen LogP contribution in [0.15, 0.2) is 59.5 Å². The Morgan fingerprint density at radius 2 is 1.61 bits per heavy atom. The maximum atomic E-state index is 12.5. The van der Waals surface area contributed by atoms with E-state index in [9.17, 15) is 8.42 Å². The van der Waals surface area contributed by atoms with Gasteiger partial charge in [-0.25, -0.2) is 8.42 Å². The molecular weight excluding hydrogens is 244 g/mol. The van der Waals surface area contributed by atoms with E-state index >= 15 is 0 Å². The Morgan fingerprint density at radius 3 is 2.22 bits per heavy atom. The number of aryl methyl sites for hydroxylation is 1. The molecule has 0 unspecified atom stereocenters. The number of benzene rings is 2. The third-order valence-corrected chi connectivity index (χ3v) is 5.17. The Bertz CT molecular complexity index is 631. The van der Waals surface area contributed by atoms with Crippen molar-refractivity contribution in [3.63, 3.8) is 0 Å². The van der Waals surface area contributed by atoms with E-state index < -0.39 is 15.1 Å². The minimum atomic E-state index is -3.31. The Hall–Kier alpha value is -1.61. The second-order valence-electron chi connectivity index (χ2n) is 4.41. The second kappa shape index (κ2) is 4.94. The predicted molar refractivity (Wildman–Crippen MR) is 73.2 cm³/mol. The van der Waals surface area contributed by atoms with Crippen molar-refractivity contribution < 1.29 is 8.42 Å². The van der Waals surface area contributed by atoms with E-state index in [4.69, 9.17) is 0 Å². The summed E-state index contributed by atoms with van der Waals surface area (Å²) in [6, 6.07) is 16.3. The van der Waals surface area contributed by atoms with Gasteiger partial charge in [-0.3, -0.25) is 0 Å². The molecule has 0 amide bonds. The summed E-state index contributed by atoms with van der Waals surface area (Å²) in [5.41, 5.74) is 1.77. The Morgan fingerprint density at radius 1 is 0.944 bits per heavy atom. The average molecular weight is 260 g/mol. The maximum absolute atomic E-state index is 12.5. The monoisotopic (exact) mass is 260 g/mol. The fourth-order valence-corrected chi connectivity index (χ4v) is 3.44. The molecule has 18 heavy (non-hydrogen) atoms. The molecule has 0 bridgehead atoms. The van der Waals surface area contributed by atoms with Gasteiger partial charge >= 0.3 is 0 Å². The molecule has 0 aliphatic carbocycles. The van der Waals surface area contributed by atoms with Crippen LogP contribution in [0.25, 0.3) is 0 Å². The van der Waals surface area contributed by atoms with Crippen LogP contribution in [0.3, 0.4) is 0 Å². The summed E-state index contributed by atoms with van der Waals surface area (Å²) in [6.07, 6.45) is 0. The van der Waals surface area contributed by atoms with Crippen molar-refractivity contribution in [3.05, 3.63) is 65.7 Å². The van der Waals surface area contributed by atoms with Gasteiger partial charge in [0.15, 0.2) is 9.84 Å². The van der Waals surface area contributed by atoms with Gasteiger partial charge in [-0.15, -0.1) is 0 Å². The van der Waals surface area contributed by atoms with Crippen LogP contribution >= 0.6 is 0 Å². The molecule has 2 aromatic rings. The number of sulfone groups is 1. The predicted octanol–water partition coefficient (Wildman–Crippen LogP) is 3.53. The molecule has 3 heteroatoms. The molecule has 1 atom stereocenters. The Kier molecular flexibility index (Phi) is 3.53. The van der Waals surface area contributed by atoms with Crippen molar-refractivity contribution in [2.24, 2.45) is 0 Å². The molecule has 0 saturated carbocycles. The molecule has 0 heterocycles. The average Bonchev–Trinajstić information content (AvgIpc) is 2.39. The number of hydrogen-bond donors (Lipinski definition) is 0. The first kappa shape index (κ1) is 12.8. The lowest BCUT2D eigenvalue weighted by molar-refractivity contribution is 0.586. The molecule has 0 saturated heterocycles. The molecule has 0 radical (unpaired) electrons. The van der Waals surface area contributed by atoms with Gasteiger partial charge in [-0.1, -0.05) is 42.5 Å². The van der Waals surface area contributed by atoms with Gasteiger partial charge in [-0.05, 0) is 37.1 Å². The largest absolute Gasteiger partial charge is 0.223 e. The fourth-order valence-electron chi connectivity index (χ4n) is 1.90. The minimum absolute atomic E-state index is 0.388. The molecule has 0 aromatic heterocycles. The van der Waals surface area contributed by atoms with Crippen LogP contribution in [0.1, 0.15) is 23.3 Å². The Balaban J connectivity index is 2.44. The van der Waals surface area contributed by atoms with Crippen LogP contribution in [0.2, 0.25) is 0 Å². The highest BCUT2D eigenvalue weighted by Gasteiger charge is 2.24. The van der Waals surface area contributed by atoms with Crippen molar-refractivity contribution in [1.29, 1.82) is 0 Å². The van der Waals surface area contributed by atoms with E-state index in [1.54, 1.807) is 25.1 Å². The van der Waals surface area contributed by atoms with Gasteiger partial charge in [0.2, 0.25) is 0 Å². The lowest BCUT2D eigenvalue weighted by atomic mass is 10.2. The van der Waals surface area contributed by atoms with E-state index in [1.165, 1.54) is 0 Å². The summed E-state index contributed by atoms with van der Waals surface area (Å²) in [5, 5.41) is -0.527. The maximum Gasteiger partial charge on any atom is 0.185 e. The topological polar surface area (TPSA) is 34.1 Å². The zero-order valence-electron chi connectivity index (χ0n) is 10.5. The molecule has 0 fully saturated rings. The first-order valence-electron chi connectivity index (χ1n) is 5.87. The van der Waals surface area contributed by atoms with Crippen LogP contribution in [0, 0.1) is 6.92 Å². The highest BCUT2D eigenvalue weighted by atomic mass is 32.2. The number of hydrogen-bond acceptors (Lipinski definition) is 2. The van der Waals surface area contributed by atoms with E-state index in [2.05, 4.69) is 0 Å². The van der Waals surface area contributed by atoms with Gasteiger partial charge in [-0.2, -0.15) is 0 Å². The van der Waals surface area contributed by atoms with Gasteiger partial charge in [0, 0.05) is 0 Å². The van der Waals surface area contributed by atoms with E-state index in [0.29, 0.717) is 4.90 Å². The van der Waals surface area contributed by atoms with E-state index in [-0.39, 0.29) is 0 Å². The molecule has 0 aliphatic rings. The molecule has 0 N–H and O–H groups in total. The van der Waals surface area contributed by atoms with Crippen LogP contribution in [0.4, 0.5) is 0 Å². The van der Waals surface area contributed by atoms with Crippen molar-refractivity contribution in [1.82, 2.24) is 0 Å². The SMILES string of the molecule is Cc1cccc(S(=O)(=O)[C@@H](C)c2ccccc2)c1. The lowest BCUT2D eigenvalue weighted by Gasteiger charge is -2.13.